The van der Waals surface area contributed by atoms with Crippen LogP contribution in [0, 0.1) is 6.92 Å². The molecular formula is C14H14N2O5. The van der Waals surface area contributed by atoms with E-state index in [1.165, 1.54) is 7.11 Å². The minimum Gasteiger partial charge on any atom is -0.466 e. The van der Waals surface area contributed by atoms with Crippen molar-refractivity contribution in [2.45, 2.75) is 25.7 Å². The first-order valence-electron chi connectivity index (χ1n) is 6.61. The third kappa shape index (κ3) is 2.58. The molecule has 0 aliphatic heterocycles. The van der Waals surface area contributed by atoms with Gasteiger partial charge in [0.25, 0.3) is 5.71 Å². The minimum absolute atomic E-state index is 0.321. The van der Waals surface area contributed by atoms with Crippen LogP contribution in [0.15, 0.2) is 10.6 Å². The largest absolute Gasteiger partial charge is 0.466 e. The van der Waals surface area contributed by atoms with Gasteiger partial charge < -0.3 is 14.0 Å². The Morgan fingerprint density at radius 1 is 1.43 bits per heavy atom. The predicted molar refractivity (Wildman–Crippen MR) is 70.8 cm³/mol. The van der Waals surface area contributed by atoms with Crippen LogP contribution in [0.2, 0.25) is 0 Å². The number of pyridine rings is 1. The Morgan fingerprint density at radius 2 is 2.19 bits per heavy atom. The molecule has 7 heteroatoms. The van der Waals surface area contributed by atoms with Crippen molar-refractivity contribution in [3.8, 4) is 0 Å². The summed E-state index contributed by atoms with van der Waals surface area (Å²) in [5, 5.41) is 4.36. The highest BCUT2D eigenvalue weighted by Gasteiger charge is 2.29. The quantitative estimate of drug-likeness (QED) is 0.792. The zero-order valence-electron chi connectivity index (χ0n) is 11.7. The van der Waals surface area contributed by atoms with E-state index in [0.717, 1.165) is 18.5 Å². The number of carbonyl (C=O) groups excluding carboxylic acids is 2. The molecular weight excluding hydrogens is 276 g/mol. The highest BCUT2D eigenvalue weighted by Crippen LogP contribution is 2.40. The van der Waals surface area contributed by atoms with Crippen molar-refractivity contribution in [2.24, 2.45) is 0 Å². The molecule has 110 valence electrons. The number of hydrogen-bond acceptors (Lipinski definition) is 7. The highest BCUT2D eigenvalue weighted by atomic mass is 16.6. The molecule has 0 unspecified atom stereocenters. The van der Waals surface area contributed by atoms with Crippen LogP contribution in [0.3, 0.4) is 0 Å². The van der Waals surface area contributed by atoms with E-state index in [4.69, 9.17) is 9.26 Å². The molecule has 1 saturated carbocycles. The summed E-state index contributed by atoms with van der Waals surface area (Å²) in [6.07, 6.45) is 2.09. The number of aryl methyl sites for hydroxylation is 1. The Balaban J connectivity index is 1.96. The number of ether oxygens (including phenoxy) is 2. The summed E-state index contributed by atoms with van der Waals surface area (Å²) in [4.78, 5) is 27.7. The molecule has 0 amide bonds. The Kier molecular flexibility index (Phi) is 3.32. The first-order chi connectivity index (χ1) is 10.1. The second kappa shape index (κ2) is 5.16. The third-order valence-electron chi connectivity index (χ3n) is 3.40. The fourth-order valence-corrected chi connectivity index (χ4v) is 2.12. The van der Waals surface area contributed by atoms with Crippen LogP contribution in [-0.2, 0) is 14.3 Å². The van der Waals surface area contributed by atoms with Gasteiger partial charge in [0.05, 0.1) is 23.8 Å². The van der Waals surface area contributed by atoms with Gasteiger partial charge in [-0.15, -0.1) is 0 Å². The Labute approximate surface area is 120 Å². The van der Waals surface area contributed by atoms with Gasteiger partial charge in [-0.2, -0.15) is 0 Å². The monoisotopic (exact) mass is 290 g/mol. The number of hydrogen-bond donors (Lipinski definition) is 0. The lowest BCUT2D eigenvalue weighted by Gasteiger charge is -2.06. The lowest BCUT2D eigenvalue weighted by atomic mass is 10.1. The van der Waals surface area contributed by atoms with E-state index in [2.05, 4.69) is 14.9 Å². The molecule has 3 rings (SSSR count). The number of carbonyl (C=O) groups is 2. The summed E-state index contributed by atoms with van der Waals surface area (Å²) in [6, 6.07) is 1.70. The van der Waals surface area contributed by atoms with E-state index >= 15 is 0 Å². The predicted octanol–water partition coefficient (Wildman–Crippen LogP) is 1.74. The topological polar surface area (TPSA) is 91.5 Å². The number of fused-ring (bicyclic) bond motifs is 1. The number of rotatable bonds is 4. The van der Waals surface area contributed by atoms with E-state index in [0.29, 0.717) is 28.3 Å². The molecule has 2 aromatic rings. The van der Waals surface area contributed by atoms with Crippen molar-refractivity contribution in [1.82, 2.24) is 10.1 Å². The van der Waals surface area contributed by atoms with Gasteiger partial charge in [-0.3, -0.25) is 0 Å². The van der Waals surface area contributed by atoms with E-state index < -0.39 is 18.5 Å². The van der Waals surface area contributed by atoms with Crippen LogP contribution in [0.4, 0.5) is 0 Å². The average Bonchev–Trinajstić information content (AvgIpc) is 3.28. The van der Waals surface area contributed by atoms with Crippen molar-refractivity contribution < 1.29 is 23.6 Å². The second-order valence-electron chi connectivity index (χ2n) is 4.97. The Morgan fingerprint density at radius 3 is 2.86 bits per heavy atom. The molecule has 2 aromatic heterocycles. The van der Waals surface area contributed by atoms with Crippen molar-refractivity contribution in [1.29, 1.82) is 0 Å². The zero-order chi connectivity index (χ0) is 15.0. The molecule has 1 aliphatic rings. The van der Waals surface area contributed by atoms with Gasteiger partial charge in [0, 0.05) is 11.6 Å². The van der Waals surface area contributed by atoms with Crippen LogP contribution in [0.5, 0.6) is 0 Å². The number of aromatic nitrogens is 2. The minimum atomic E-state index is -0.613. The van der Waals surface area contributed by atoms with Crippen LogP contribution < -0.4 is 0 Å². The van der Waals surface area contributed by atoms with E-state index in [-0.39, 0.29) is 0 Å². The summed E-state index contributed by atoms with van der Waals surface area (Å²) < 4.78 is 14.5. The summed E-state index contributed by atoms with van der Waals surface area (Å²) >= 11 is 0. The van der Waals surface area contributed by atoms with E-state index in [1.54, 1.807) is 13.0 Å². The maximum absolute atomic E-state index is 12.2. The zero-order valence-corrected chi connectivity index (χ0v) is 11.7. The Hall–Kier alpha value is -2.44. The standard InChI is InChI=1S/C14H14N2O5/c1-7-12-9(14(18)20-6-11(17)19-2)5-10(8-3-4-8)15-13(12)21-16-7/h5,8H,3-4,6H2,1-2H3. The van der Waals surface area contributed by atoms with Gasteiger partial charge in [0.15, 0.2) is 6.61 Å². The molecule has 0 saturated heterocycles. The van der Waals surface area contributed by atoms with Gasteiger partial charge in [-0.25, -0.2) is 14.6 Å². The van der Waals surface area contributed by atoms with E-state index in [9.17, 15) is 9.59 Å². The molecule has 1 fully saturated rings. The van der Waals surface area contributed by atoms with Crippen molar-refractivity contribution in [3.05, 3.63) is 23.0 Å². The fourth-order valence-electron chi connectivity index (χ4n) is 2.12. The highest BCUT2D eigenvalue weighted by molar-refractivity contribution is 6.03. The maximum Gasteiger partial charge on any atom is 0.344 e. The summed E-state index contributed by atoms with van der Waals surface area (Å²) in [5.41, 5.74) is 2.00. The maximum atomic E-state index is 12.2. The van der Waals surface area contributed by atoms with Gasteiger partial charge in [0.2, 0.25) is 0 Å². The van der Waals surface area contributed by atoms with Crippen molar-refractivity contribution in [2.75, 3.05) is 13.7 Å². The first kappa shape index (κ1) is 13.5. The van der Waals surface area contributed by atoms with Crippen molar-refractivity contribution >= 4 is 23.0 Å². The second-order valence-corrected chi connectivity index (χ2v) is 4.97. The average molecular weight is 290 g/mol. The Bertz CT molecular complexity index is 717. The number of methoxy groups -OCH3 is 1. The smallest absolute Gasteiger partial charge is 0.344 e. The molecule has 7 nitrogen and oxygen atoms in total. The first-order valence-corrected chi connectivity index (χ1v) is 6.61. The molecule has 2 heterocycles. The number of esters is 2. The molecule has 0 atom stereocenters. The molecule has 0 aromatic carbocycles. The SMILES string of the molecule is COC(=O)COC(=O)c1cc(C2CC2)nc2onc(C)c12. The molecule has 0 radical (unpaired) electrons. The molecule has 0 N–H and O–H groups in total. The van der Waals surface area contributed by atoms with Crippen LogP contribution in [-0.4, -0.2) is 35.8 Å². The van der Waals surface area contributed by atoms with Gasteiger partial charge >= 0.3 is 11.9 Å². The van der Waals surface area contributed by atoms with Gasteiger partial charge in [-0.05, 0) is 25.8 Å². The van der Waals surface area contributed by atoms with Crippen LogP contribution in [0.1, 0.15) is 40.5 Å². The third-order valence-corrected chi connectivity index (χ3v) is 3.40. The number of nitrogens with zero attached hydrogens (tertiary/aromatic N) is 2. The van der Waals surface area contributed by atoms with Gasteiger partial charge in [0.1, 0.15) is 0 Å². The molecule has 0 spiro atoms. The summed E-state index contributed by atoms with van der Waals surface area (Å²) in [6.45, 7) is 1.30. The van der Waals surface area contributed by atoms with Crippen LogP contribution in [0.25, 0.3) is 11.1 Å². The summed E-state index contributed by atoms with van der Waals surface area (Å²) in [5.74, 6) is -0.869. The molecule has 0 bridgehead atoms. The van der Waals surface area contributed by atoms with Crippen molar-refractivity contribution in [3.63, 3.8) is 0 Å². The summed E-state index contributed by atoms with van der Waals surface area (Å²) in [7, 11) is 1.23. The lowest BCUT2D eigenvalue weighted by Crippen LogP contribution is -2.15. The fraction of sp³-hybridized carbons (Fsp3) is 0.429. The molecule has 21 heavy (non-hydrogen) atoms. The molecule has 1 aliphatic carbocycles. The van der Waals surface area contributed by atoms with Gasteiger partial charge in [-0.1, -0.05) is 5.16 Å². The van der Waals surface area contributed by atoms with E-state index in [1.807, 2.05) is 0 Å². The van der Waals surface area contributed by atoms with Crippen LogP contribution >= 0.6 is 0 Å². The lowest BCUT2D eigenvalue weighted by molar-refractivity contribution is -0.144. The normalized spacial score (nSPS) is 14.2.